The molecule has 0 radical (unpaired) electrons. The molecule has 2 heterocycles. The number of nitrogens with zero attached hydrogens (tertiary/aromatic N) is 4. The Morgan fingerprint density at radius 1 is 0.846 bits per heavy atom. The summed E-state index contributed by atoms with van der Waals surface area (Å²) in [6, 6.07) is 18.8. The van der Waals surface area contributed by atoms with Crippen molar-refractivity contribution in [1.29, 1.82) is 0 Å². The molecule has 0 aliphatic carbocycles. The third kappa shape index (κ3) is 3.04. The quantitative estimate of drug-likeness (QED) is 0.522. The van der Waals surface area contributed by atoms with E-state index in [1.807, 2.05) is 41.0 Å². The van der Waals surface area contributed by atoms with Gasteiger partial charge in [0.25, 0.3) is 5.56 Å². The number of carbonyl (C=O) groups is 1. The highest BCUT2D eigenvalue weighted by molar-refractivity contribution is 5.95. The number of rotatable bonds is 5. The second-order valence-electron chi connectivity index (χ2n) is 6.00. The Kier molecular flexibility index (Phi) is 4.15. The SMILES string of the molecule is O=C(Cn1cnc2c(ncn2Cc2ccccc2)c1=O)c1ccccc1. The molecule has 4 aromatic rings. The van der Waals surface area contributed by atoms with Crippen LogP contribution in [0.15, 0.2) is 78.1 Å². The smallest absolute Gasteiger partial charge is 0.281 e. The van der Waals surface area contributed by atoms with Gasteiger partial charge in [0.15, 0.2) is 16.9 Å². The summed E-state index contributed by atoms with van der Waals surface area (Å²) in [6.07, 6.45) is 3.02. The lowest BCUT2D eigenvalue weighted by Crippen LogP contribution is -2.25. The number of aromatic nitrogens is 4. The average Bonchev–Trinajstić information content (AvgIpc) is 3.09. The lowest BCUT2D eigenvalue weighted by Gasteiger charge is -2.06. The molecular formula is C20H16N4O2. The molecule has 0 aliphatic heterocycles. The molecule has 0 N–H and O–H groups in total. The lowest BCUT2D eigenvalue weighted by atomic mass is 10.1. The minimum Gasteiger partial charge on any atom is -0.311 e. The van der Waals surface area contributed by atoms with Crippen molar-refractivity contribution >= 4 is 16.9 Å². The van der Waals surface area contributed by atoms with Crippen LogP contribution in [0.4, 0.5) is 0 Å². The van der Waals surface area contributed by atoms with Gasteiger partial charge >= 0.3 is 0 Å². The summed E-state index contributed by atoms with van der Waals surface area (Å²) in [5.41, 5.74) is 2.13. The third-order valence-corrected chi connectivity index (χ3v) is 4.20. The molecule has 0 saturated heterocycles. The van der Waals surface area contributed by atoms with Gasteiger partial charge in [0.05, 0.1) is 19.4 Å². The van der Waals surface area contributed by atoms with Crippen LogP contribution < -0.4 is 5.56 Å². The van der Waals surface area contributed by atoms with Crippen LogP contribution in [0.2, 0.25) is 0 Å². The van der Waals surface area contributed by atoms with Gasteiger partial charge < -0.3 is 4.57 Å². The maximum Gasteiger partial charge on any atom is 0.281 e. The molecule has 0 amide bonds. The molecule has 0 aliphatic rings. The molecule has 6 nitrogen and oxygen atoms in total. The molecule has 0 spiro atoms. The topological polar surface area (TPSA) is 69.8 Å². The largest absolute Gasteiger partial charge is 0.311 e. The number of Topliss-reactive ketones (excluding diaryl/α,β-unsaturated/α-hetero) is 1. The fourth-order valence-corrected chi connectivity index (χ4v) is 2.85. The molecule has 0 saturated carbocycles. The van der Waals surface area contributed by atoms with Crippen LogP contribution in [0.3, 0.4) is 0 Å². The first-order chi connectivity index (χ1) is 12.7. The standard InChI is InChI=1S/C20H16N4O2/c25-17(16-9-5-2-6-10-16)12-24-14-22-19-18(20(24)26)21-13-23(19)11-15-7-3-1-4-8-15/h1-10,13-14H,11-12H2. The number of benzene rings is 2. The van der Waals surface area contributed by atoms with E-state index in [1.165, 1.54) is 10.9 Å². The highest BCUT2D eigenvalue weighted by Gasteiger charge is 2.13. The minimum absolute atomic E-state index is 0.0582. The molecule has 4 rings (SSSR count). The van der Waals surface area contributed by atoms with E-state index in [1.54, 1.807) is 30.6 Å². The fraction of sp³-hybridized carbons (Fsp3) is 0.100. The summed E-state index contributed by atoms with van der Waals surface area (Å²) < 4.78 is 3.13. The lowest BCUT2D eigenvalue weighted by molar-refractivity contribution is 0.0970. The van der Waals surface area contributed by atoms with Gasteiger partial charge in [0, 0.05) is 5.56 Å². The van der Waals surface area contributed by atoms with E-state index < -0.39 is 0 Å². The molecule has 128 valence electrons. The van der Waals surface area contributed by atoms with Crippen LogP contribution in [0.5, 0.6) is 0 Å². The first kappa shape index (κ1) is 16.0. The maximum atomic E-state index is 12.7. The van der Waals surface area contributed by atoms with Crippen molar-refractivity contribution < 1.29 is 4.79 Å². The number of fused-ring (bicyclic) bond motifs is 1. The van der Waals surface area contributed by atoms with Gasteiger partial charge in [-0.2, -0.15) is 0 Å². The number of hydrogen-bond donors (Lipinski definition) is 0. The maximum absolute atomic E-state index is 12.7. The second kappa shape index (κ2) is 6.76. The van der Waals surface area contributed by atoms with E-state index in [-0.39, 0.29) is 23.4 Å². The second-order valence-corrected chi connectivity index (χ2v) is 6.00. The molecule has 0 bridgehead atoms. The number of hydrogen-bond acceptors (Lipinski definition) is 4. The molecule has 0 unspecified atom stereocenters. The summed E-state index contributed by atoms with van der Waals surface area (Å²) in [5, 5.41) is 0. The highest BCUT2D eigenvalue weighted by Crippen LogP contribution is 2.09. The fourth-order valence-electron chi connectivity index (χ4n) is 2.85. The molecule has 0 atom stereocenters. The van der Waals surface area contributed by atoms with E-state index in [2.05, 4.69) is 9.97 Å². The van der Waals surface area contributed by atoms with E-state index in [9.17, 15) is 9.59 Å². The number of carbonyl (C=O) groups excluding carboxylic acids is 1. The molecule has 6 heteroatoms. The van der Waals surface area contributed by atoms with Crippen molar-refractivity contribution in [3.8, 4) is 0 Å². The predicted molar refractivity (Wildman–Crippen MR) is 98.1 cm³/mol. The number of ketones is 1. The van der Waals surface area contributed by atoms with Crippen LogP contribution in [0.25, 0.3) is 11.2 Å². The van der Waals surface area contributed by atoms with E-state index in [0.29, 0.717) is 17.8 Å². The Balaban J connectivity index is 1.64. The van der Waals surface area contributed by atoms with Crippen molar-refractivity contribution in [1.82, 2.24) is 19.1 Å². The Bertz CT molecular complexity index is 1110. The highest BCUT2D eigenvalue weighted by atomic mass is 16.1. The van der Waals surface area contributed by atoms with Gasteiger partial charge in [-0.25, -0.2) is 9.97 Å². The van der Waals surface area contributed by atoms with E-state index in [4.69, 9.17) is 0 Å². The van der Waals surface area contributed by atoms with E-state index in [0.717, 1.165) is 5.56 Å². The van der Waals surface area contributed by atoms with Crippen LogP contribution in [0.1, 0.15) is 15.9 Å². The van der Waals surface area contributed by atoms with Crippen molar-refractivity contribution in [2.75, 3.05) is 0 Å². The van der Waals surface area contributed by atoms with Crippen LogP contribution in [-0.2, 0) is 13.1 Å². The summed E-state index contributed by atoms with van der Waals surface area (Å²) in [4.78, 5) is 33.6. The van der Waals surface area contributed by atoms with Gasteiger partial charge in [-0.05, 0) is 5.56 Å². The summed E-state index contributed by atoms with van der Waals surface area (Å²) in [6.45, 7) is 0.522. The molecule has 2 aromatic heterocycles. The Hall–Kier alpha value is -3.54. The first-order valence-electron chi connectivity index (χ1n) is 8.25. The third-order valence-electron chi connectivity index (χ3n) is 4.20. The van der Waals surface area contributed by atoms with Crippen LogP contribution in [-0.4, -0.2) is 24.9 Å². The zero-order valence-corrected chi connectivity index (χ0v) is 13.9. The van der Waals surface area contributed by atoms with Crippen molar-refractivity contribution in [2.45, 2.75) is 13.1 Å². The molecule has 0 fully saturated rings. The minimum atomic E-state index is -0.314. The van der Waals surface area contributed by atoms with Crippen molar-refractivity contribution in [3.05, 3.63) is 94.8 Å². The van der Waals surface area contributed by atoms with Crippen molar-refractivity contribution in [3.63, 3.8) is 0 Å². The Morgan fingerprint density at radius 2 is 1.50 bits per heavy atom. The predicted octanol–water partition coefficient (Wildman–Crippen LogP) is 2.52. The summed E-state index contributed by atoms with van der Waals surface area (Å²) in [7, 11) is 0. The van der Waals surface area contributed by atoms with Gasteiger partial charge in [0.1, 0.15) is 6.33 Å². The Labute approximate surface area is 149 Å². The van der Waals surface area contributed by atoms with Gasteiger partial charge in [-0.1, -0.05) is 60.7 Å². The molecular weight excluding hydrogens is 328 g/mol. The van der Waals surface area contributed by atoms with Crippen LogP contribution in [0, 0.1) is 0 Å². The van der Waals surface area contributed by atoms with Gasteiger partial charge in [-0.3, -0.25) is 14.2 Å². The van der Waals surface area contributed by atoms with Gasteiger partial charge in [0.2, 0.25) is 0 Å². The monoisotopic (exact) mass is 344 g/mol. The molecule has 2 aromatic carbocycles. The van der Waals surface area contributed by atoms with E-state index >= 15 is 0 Å². The zero-order valence-electron chi connectivity index (χ0n) is 13.9. The summed E-state index contributed by atoms with van der Waals surface area (Å²) in [5.74, 6) is -0.141. The molecule has 26 heavy (non-hydrogen) atoms. The van der Waals surface area contributed by atoms with Crippen LogP contribution >= 0.6 is 0 Å². The van der Waals surface area contributed by atoms with Crippen molar-refractivity contribution in [2.24, 2.45) is 0 Å². The normalized spacial score (nSPS) is 10.9. The van der Waals surface area contributed by atoms with Gasteiger partial charge in [-0.15, -0.1) is 0 Å². The number of imidazole rings is 1. The average molecular weight is 344 g/mol. The Morgan fingerprint density at radius 3 is 2.23 bits per heavy atom. The first-order valence-corrected chi connectivity index (χ1v) is 8.25. The zero-order chi connectivity index (χ0) is 17.9. The summed E-state index contributed by atoms with van der Waals surface area (Å²) >= 11 is 0.